The van der Waals surface area contributed by atoms with Gasteiger partial charge in [0.05, 0.1) is 18.2 Å². The van der Waals surface area contributed by atoms with Crippen LogP contribution in [-0.2, 0) is 0 Å². The number of rotatable bonds is 3. The van der Waals surface area contributed by atoms with Crippen molar-refractivity contribution in [1.82, 2.24) is 0 Å². The van der Waals surface area contributed by atoms with E-state index in [2.05, 4.69) is 18.7 Å². The van der Waals surface area contributed by atoms with E-state index < -0.39 is 0 Å². The van der Waals surface area contributed by atoms with Crippen molar-refractivity contribution >= 4 is 12.6 Å². The van der Waals surface area contributed by atoms with Crippen molar-refractivity contribution in [2.75, 3.05) is 12.4 Å². The lowest BCUT2D eigenvalue weighted by Crippen LogP contribution is -2.01. The Bertz CT molecular complexity index is 345. The summed E-state index contributed by atoms with van der Waals surface area (Å²) in [6, 6.07) is 5.79. The van der Waals surface area contributed by atoms with Gasteiger partial charge in [-0.25, -0.2) is 0 Å². The van der Waals surface area contributed by atoms with Gasteiger partial charge in [0.25, 0.3) is 0 Å². The largest absolute Gasteiger partial charge is 0.492 e. The van der Waals surface area contributed by atoms with Gasteiger partial charge in [-0.3, -0.25) is 0 Å². The molecule has 0 amide bonds. The minimum absolute atomic E-state index is 0.594. The van der Waals surface area contributed by atoms with E-state index in [-0.39, 0.29) is 0 Å². The van der Waals surface area contributed by atoms with Crippen molar-refractivity contribution in [3.63, 3.8) is 0 Å². The molecule has 1 aromatic rings. The molecule has 2 nitrogen and oxygen atoms in total. The van der Waals surface area contributed by atoms with Crippen molar-refractivity contribution in [1.29, 1.82) is 5.26 Å². The Morgan fingerprint density at radius 2 is 1.93 bits per heavy atom. The van der Waals surface area contributed by atoms with Crippen LogP contribution in [0.1, 0.15) is 16.7 Å². The first kappa shape index (κ1) is 10.9. The van der Waals surface area contributed by atoms with Crippen molar-refractivity contribution in [2.24, 2.45) is 0 Å². The van der Waals surface area contributed by atoms with Gasteiger partial charge in [0.2, 0.25) is 0 Å². The SMILES string of the molecule is Cc1cc(C#N)cc(C)c1OCCS. The molecule has 0 spiro atoms. The fraction of sp³-hybridized carbons (Fsp3) is 0.364. The molecule has 0 N–H and O–H groups in total. The minimum atomic E-state index is 0.594. The predicted molar refractivity (Wildman–Crippen MR) is 60.0 cm³/mol. The molecule has 74 valence electrons. The first-order chi connectivity index (χ1) is 6.69. The Hall–Kier alpha value is -1.14. The molecule has 0 bridgehead atoms. The van der Waals surface area contributed by atoms with Gasteiger partial charge in [-0.05, 0) is 37.1 Å². The van der Waals surface area contributed by atoms with Crippen molar-refractivity contribution in [3.05, 3.63) is 28.8 Å². The van der Waals surface area contributed by atoms with Gasteiger partial charge in [-0.15, -0.1) is 0 Å². The minimum Gasteiger partial charge on any atom is -0.492 e. The van der Waals surface area contributed by atoms with E-state index in [0.717, 1.165) is 16.9 Å². The Labute approximate surface area is 89.9 Å². The van der Waals surface area contributed by atoms with Crippen LogP contribution in [0.2, 0.25) is 0 Å². The number of aryl methyl sites for hydroxylation is 2. The topological polar surface area (TPSA) is 33.0 Å². The smallest absolute Gasteiger partial charge is 0.125 e. The summed E-state index contributed by atoms with van der Waals surface area (Å²) in [5.74, 6) is 1.57. The molecule has 3 heteroatoms. The lowest BCUT2D eigenvalue weighted by atomic mass is 10.1. The van der Waals surface area contributed by atoms with Crippen LogP contribution >= 0.6 is 12.6 Å². The number of hydrogen-bond acceptors (Lipinski definition) is 3. The van der Waals surface area contributed by atoms with E-state index >= 15 is 0 Å². The predicted octanol–water partition coefficient (Wildman–Crippen LogP) is 2.48. The lowest BCUT2D eigenvalue weighted by Gasteiger charge is -2.11. The number of benzene rings is 1. The average molecular weight is 207 g/mol. The summed E-state index contributed by atoms with van der Waals surface area (Å²) in [5, 5.41) is 8.75. The molecular formula is C11H13NOS. The van der Waals surface area contributed by atoms with Crippen LogP contribution in [0.4, 0.5) is 0 Å². The first-order valence-electron chi connectivity index (χ1n) is 4.44. The van der Waals surface area contributed by atoms with E-state index in [9.17, 15) is 0 Å². The summed E-state index contributed by atoms with van der Waals surface area (Å²) in [7, 11) is 0. The van der Waals surface area contributed by atoms with Crippen LogP contribution in [-0.4, -0.2) is 12.4 Å². The summed E-state index contributed by atoms with van der Waals surface area (Å²) in [6.45, 7) is 4.49. The molecule has 0 saturated carbocycles. The van der Waals surface area contributed by atoms with Crippen LogP contribution in [0.25, 0.3) is 0 Å². The second-order valence-corrected chi connectivity index (χ2v) is 3.57. The van der Waals surface area contributed by atoms with E-state index in [1.165, 1.54) is 0 Å². The Morgan fingerprint density at radius 1 is 1.36 bits per heavy atom. The quantitative estimate of drug-likeness (QED) is 0.772. The zero-order valence-corrected chi connectivity index (χ0v) is 9.27. The highest BCUT2D eigenvalue weighted by Crippen LogP contribution is 2.24. The Kier molecular flexibility index (Phi) is 3.84. The number of nitrogens with zero attached hydrogens (tertiary/aromatic N) is 1. The Balaban J connectivity index is 3.01. The van der Waals surface area contributed by atoms with Gasteiger partial charge in [0, 0.05) is 5.75 Å². The normalized spacial score (nSPS) is 9.57. The van der Waals surface area contributed by atoms with Gasteiger partial charge < -0.3 is 4.74 Å². The number of hydrogen-bond donors (Lipinski definition) is 1. The molecule has 0 heterocycles. The molecule has 1 rings (SSSR count). The average Bonchev–Trinajstić information content (AvgIpc) is 2.16. The van der Waals surface area contributed by atoms with Crippen molar-refractivity contribution < 1.29 is 4.74 Å². The number of ether oxygens (including phenoxy) is 1. The van der Waals surface area contributed by atoms with E-state index in [1.54, 1.807) is 0 Å². The molecule has 0 radical (unpaired) electrons. The van der Waals surface area contributed by atoms with Gasteiger partial charge >= 0.3 is 0 Å². The summed E-state index contributed by atoms with van der Waals surface area (Å²) in [6.07, 6.45) is 0. The molecule has 0 fully saturated rings. The molecule has 14 heavy (non-hydrogen) atoms. The molecule has 1 aromatic carbocycles. The zero-order valence-electron chi connectivity index (χ0n) is 8.37. The monoisotopic (exact) mass is 207 g/mol. The fourth-order valence-corrected chi connectivity index (χ4v) is 1.48. The van der Waals surface area contributed by atoms with Gasteiger partial charge in [-0.2, -0.15) is 17.9 Å². The van der Waals surface area contributed by atoms with Crippen molar-refractivity contribution in [2.45, 2.75) is 13.8 Å². The van der Waals surface area contributed by atoms with Crippen molar-refractivity contribution in [3.8, 4) is 11.8 Å². The fourth-order valence-electron chi connectivity index (χ4n) is 1.39. The zero-order chi connectivity index (χ0) is 10.6. The lowest BCUT2D eigenvalue weighted by molar-refractivity contribution is 0.339. The van der Waals surface area contributed by atoms with Crippen LogP contribution in [0, 0.1) is 25.2 Å². The second-order valence-electron chi connectivity index (χ2n) is 3.12. The molecule has 0 saturated heterocycles. The molecule has 0 aliphatic heterocycles. The third-order valence-corrected chi connectivity index (χ3v) is 2.11. The molecule has 0 aliphatic rings. The van der Waals surface area contributed by atoms with E-state index in [1.807, 2.05) is 26.0 Å². The van der Waals surface area contributed by atoms with Gasteiger partial charge in [-0.1, -0.05) is 0 Å². The van der Waals surface area contributed by atoms with Gasteiger partial charge in [0.1, 0.15) is 5.75 Å². The summed E-state index contributed by atoms with van der Waals surface area (Å²) in [4.78, 5) is 0. The van der Waals surface area contributed by atoms with Crippen LogP contribution in [0.15, 0.2) is 12.1 Å². The summed E-state index contributed by atoms with van der Waals surface area (Å²) >= 11 is 4.08. The van der Waals surface area contributed by atoms with E-state index in [0.29, 0.717) is 17.9 Å². The summed E-state index contributed by atoms with van der Waals surface area (Å²) < 4.78 is 5.53. The third kappa shape index (κ3) is 2.43. The highest BCUT2D eigenvalue weighted by molar-refractivity contribution is 7.80. The molecule has 0 aliphatic carbocycles. The maximum absolute atomic E-state index is 8.75. The standard InChI is InChI=1S/C11H13NOS/c1-8-5-10(7-12)6-9(2)11(8)13-3-4-14/h5-6,14H,3-4H2,1-2H3. The Morgan fingerprint density at radius 3 is 2.36 bits per heavy atom. The maximum atomic E-state index is 8.75. The molecule has 0 aromatic heterocycles. The highest BCUT2D eigenvalue weighted by atomic mass is 32.1. The van der Waals surface area contributed by atoms with Crippen LogP contribution in [0.3, 0.4) is 0 Å². The van der Waals surface area contributed by atoms with Gasteiger partial charge in [0.15, 0.2) is 0 Å². The first-order valence-corrected chi connectivity index (χ1v) is 5.07. The molecular weight excluding hydrogens is 194 g/mol. The summed E-state index contributed by atoms with van der Waals surface area (Å²) in [5.41, 5.74) is 2.69. The number of thiol groups is 1. The van der Waals surface area contributed by atoms with E-state index in [4.69, 9.17) is 10.00 Å². The van der Waals surface area contributed by atoms with Crippen LogP contribution < -0.4 is 4.74 Å². The van der Waals surface area contributed by atoms with Crippen LogP contribution in [0.5, 0.6) is 5.75 Å². The molecule has 0 unspecified atom stereocenters. The second kappa shape index (κ2) is 4.92. The third-order valence-electron chi connectivity index (χ3n) is 1.93. The number of nitriles is 1. The highest BCUT2D eigenvalue weighted by Gasteiger charge is 2.05. The maximum Gasteiger partial charge on any atom is 0.125 e. The molecule has 0 atom stereocenters.